The topological polar surface area (TPSA) is 131 Å². The zero-order valence-corrected chi connectivity index (χ0v) is 10.6. The maximum atomic E-state index is 11.3. The van der Waals surface area contributed by atoms with Crippen molar-refractivity contribution in [1.82, 2.24) is 10.6 Å². The smallest absolute Gasteiger partial charge is 0.326 e. The molecule has 108 valence electrons. The van der Waals surface area contributed by atoms with Crippen LogP contribution in [0.15, 0.2) is 12.7 Å². The maximum absolute atomic E-state index is 11.3. The lowest BCUT2D eigenvalue weighted by molar-refractivity contribution is -0.140. The highest BCUT2D eigenvalue weighted by molar-refractivity contribution is 5.87. The highest BCUT2D eigenvalue weighted by atomic mass is 16.5. The molecule has 0 aliphatic carbocycles. The van der Waals surface area contributed by atoms with E-state index in [0.29, 0.717) is 19.6 Å². The van der Waals surface area contributed by atoms with Gasteiger partial charge in [0, 0.05) is 6.54 Å². The number of urea groups is 1. The summed E-state index contributed by atoms with van der Waals surface area (Å²) in [5, 5.41) is 13.3. The van der Waals surface area contributed by atoms with Gasteiger partial charge in [0.25, 0.3) is 0 Å². The fraction of sp³-hybridized carbons (Fsp3) is 0.545. The number of primary amides is 1. The van der Waals surface area contributed by atoms with Crippen molar-refractivity contribution in [3.05, 3.63) is 12.7 Å². The van der Waals surface area contributed by atoms with Crippen LogP contribution >= 0.6 is 0 Å². The fourth-order valence-corrected chi connectivity index (χ4v) is 1.12. The van der Waals surface area contributed by atoms with E-state index in [2.05, 4.69) is 17.2 Å². The van der Waals surface area contributed by atoms with Gasteiger partial charge in [-0.15, -0.1) is 6.58 Å². The number of aliphatic carboxylic acids is 1. The fourth-order valence-electron chi connectivity index (χ4n) is 1.12. The number of carboxylic acids is 1. The summed E-state index contributed by atoms with van der Waals surface area (Å²) in [5.74, 6) is -2.13. The van der Waals surface area contributed by atoms with Crippen molar-refractivity contribution in [1.29, 1.82) is 0 Å². The van der Waals surface area contributed by atoms with Gasteiger partial charge in [0.1, 0.15) is 6.04 Å². The van der Waals surface area contributed by atoms with Gasteiger partial charge in [-0.05, 0) is 6.42 Å². The van der Waals surface area contributed by atoms with Gasteiger partial charge in [0.15, 0.2) is 0 Å². The second-order valence-electron chi connectivity index (χ2n) is 3.65. The molecule has 0 bridgehead atoms. The minimum absolute atomic E-state index is 0.228. The molecule has 5 N–H and O–H groups in total. The molecule has 0 saturated heterocycles. The first-order valence-electron chi connectivity index (χ1n) is 5.71. The molecule has 8 nitrogen and oxygen atoms in total. The van der Waals surface area contributed by atoms with Crippen LogP contribution in [0.25, 0.3) is 0 Å². The minimum atomic E-state index is -1.33. The lowest BCUT2D eigenvalue weighted by Crippen LogP contribution is -2.48. The Hall–Kier alpha value is -2.09. The maximum Gasteiger partial charge on any atom is 0.326 e. The summed E-state index contributed by atoms with van der Waals surface area (Å²) in [7, 11) is 0. The monoisotopic (exact) mass is 273 g/mol. The van der Waals surface area contributed by atoms with E-state index in [1.165, 1.54) is 0 Å². The van der Waals surface area contributed by atoms with Crippen LogP contribution in [0.3, 0.4) is 0 Å². The number of amides is 3. The SMILES string of the molecule is C=CCCOCCNC(=O)N[C@@H](CC(N)=O)C(=O)O. The van der Waals surface area contributed by atoms with E-state index in [9.17, 15) is 14.4 Å². The van der Waals surface area contributed by atoms with Crippen LogP contribution < -0.4 is 16.4 Å². The van der Waals surface area contributed by atoms with Crippen LogP contribution in [0.5, 0.6) is 0 Å². The van der Waals surface area contributed by atoms with E-state index in [4.69, 9.17) is 15.6 Å². The number of nitrogens with one attached hydrogen (secondary N) is 2. The number of hydrogen-bond acceptors (Lipinski definition) is 4. The Morgan fingerprint density at radius 2 is 2.05 bits per heavy atom. The molecular formula is C11H19N3O5. The summed E-state index contributed by atoms with van der Waals surface area (Å²) in [5.41, 5.74) is 4.87. The summed E-state index contributed by atoms with van der Waals surface area (Å²) < 4.78 is 5.14. The molecule has 19 heavy (non-hydrogen) atoms. The van der Waals surface area contributed by atoms with Gasteiger partial charge in [-0.25, -0.2) is 9.59 Å². The number of rotatable bonds is 10. The standard InChI is InChI=1S/C11H19N3O5/c1-2-3-5-19-6-4-13-11(18)14-8(10(16)17)7-9(12)15/h2,8H,1,3-7H2,(H2,12,15)(H,16,17)(H2,13,14,18)/t8-/m0/s1. The average Bonchev–Trinajstić information content (AvgIpc) is 2.32. The largest absolute Gasteiger partial charge is 0.480 e. The zero-order chi connectivity index (χ0) is 14.7. The zero-order valence-electron chi connectivity index (χ0n) is 10.6. The van der Waals surface area contributed by atoms with Crippen molar-refractivity contribution < 1.29 is 24.2 Å². The first-order valence-corrected chi connectivity index (χ1v) is 5.71. The van der Waals surface area contributed by atoms with Crippen LogP contribution in [-0.4, -0.2) is 48.8 Å². The average molecular weight is 273 g/mol. The van der Waals surface area contributed by atoms with E-state index < -0.39 is 30.4 Å². The van der Waals surface area contributed by atoms with Gasteiger partial charge < -0.3 is 26.2 Å². The molecule has 0 aromatic carbocycles. The number of carbonyl (C=O) groups is 3. The first-order chi connectivity index (χ1) is 8.97. The summed E-state index contributed by atoms with van der Waals surface area (Å²) in [6.45, 7) is 4.56. The molecule has 8 heteroatoms. The van der Waals surface area contributed by atoms with E-state index in [1.54, 1.807) is 6.08 Å². The predicted octanol–water partition coefficient (Wildman–Crippen LogP) is -0.793. The van der Waals surface area contributed by atoms with Crippen molar-refractivity contribution >= 4 is 17.9 Å². The molecule has 1 atom stereocenters. The number of ether oxygens (including phenoxy) is 1. The number of hydrogen-bond donors (Lipinski definition) is 4. The third-order valence-corrected chi connectivity index (χ3v) is 2.01. The number of carboxylic acid groups (broad SMARTS) is 1. The summed E-state index contributed by atoms with van der Waals surface area (Å²) in [6, 6.07) is -2.03. The second-order valence-corrected chi connectivity index (χ2v) is 3.65. The van der Waals surface area contributed by atoms with Crippen LogP contribution in [0.1, 0.15) is 12.8 Å². The molecule has 0 radical (unpaired) electrons. The Bertz CT molecular complexity index is 332. The van der Waals surface area contributed by atoms with Gasteiger partial charge >= 0.3 is 12.0 Å². The van der Waals surface area contributed by atoms with Crippen molar-refractivity contribution in [3.8, 4) is 0 Å². The van der Waals surface area contributed by atoms with E-state index in [0.717, 1.165) is 0 Å². The van der Waals surface area contributed by atoms with E-state index in [1.807, 2.05) is 0 Å². The molecule has 0 aliphatic rings. The molecule has 0 spiro atoms. The van der Waals surface area contributed by atoms with Crippen molar-refractivity contribution in [2.24, 2.45) is 5.73 Å². The minimum Gasteiger partial charge on any atom is -0.480 e. The summed E-state index contributed by atoms with van der Waals surface area (Å²) in [4.78, 5) is 32.7. The van der Waals surface area contributed by atoms with Crippen LogP contribution in [0, 0.1) is 0 Å². The van der Waals surface area contributed by atoms with Gasteiger partial charge in [-0.2, -0.15) is 0 Å². The highest BCUT2D eigenvalue weighted by Crippen LogP contribution is 1.91. The molecule has 0 aromatic rings. The predicted molar refractivity (Wildman–Crippen MR) is 67.4 cm³/mol. The quantitative estimate of drug-likeness (QED) is 0.306. The summed E-state index contributed by atoms with van der Waals surface area (Å²) >= 11 is 0. The molecule has 0 aromatic heterocycles. The third kappa shape index (κ3) is 9.60. The van der Waals surface area contributed by atoms with E-state index >= 15 is 0 Å². The Kier molecular flexibility index (Phi) is 8.80. The number of nitrogens with two attached hydrogens (primary N) is 1. The molecule has 0 fully saturated rings. The Morgan fingerprint density at radius 1 is 1.37 bits per heavy atom. The lowest BCUT2D eigenvalue weighted by Gasteiger charge is -2.13. The summed E-state index contributed by atoms with van der Waals surface area (Å²) in [6.07, 6.45) is 1.96. The van der Waals surface area contributed by atoms with Crippen LogP contribution in [-0.2, 0) is 14.3 Å². The van der Waals surface area contributed by atoms with Gasteiger partial charge in [-0.3, -0.25) is 4.79 Å². The lowest BCUT2D eigenvalue weighted by atomic mass is 10.2. The Balaban J connectivity index is 3.84. The second kappa shape index (κ2) is 9.89. The van der Waals surface area contributed by atoms with Crippen molar-refractivity contribution in [2.75, 3.05) is 19.8 Å². The number of carbonyl (C=O) groups excluding carboxylic acids is 2. The Labute approximate surface area is 111 Å². The molecule has 0 saturated carbocycles. The molecular weight excluding hydrogens is 254 g/mol. The van der Waals surface area contributed by atoms with Crippen molar-refractivity contribution in [2.45, 2.75) is 18.9 Å². The molecule has 0 heterocycles. The van der Waals surface area contributed by atoms with Crippen LogP contribution in [0.2, 0.25) is 0 Å². The first kappa shape index (κ1) is 16.9. The van der Waals surface area contributed by atoms with E-state index in [-0.39, 0.29) is 6.54 Å². The Morgan fingerprint density at radius 3 is 2.58 bits per heavy atom. The molecule has 0 unspecified atom stereocenters. The third-order valence-electron chi connectivity index (χ3n) is 2.01. The van der Waals surface area contributed by atoms with Gasteiger partial charge in [-0.1, -0.05) is 6.08 Å². The van der Waals surface area contributed by atoms with Gasteiger partial charge in [0.05, 0.1) is 19.6 Å². The highest BCUT2D eigenvalue weighted by Gasteiger charge is 2.21. The normalized spacial score (nSPS) is 11.4. The van der Waals surface area contributed by atoms with Crippen LogP contribution in [0.4, 0.5) is 4.79 Å². The molecule has 3 amide bonds. The van der Waals surface area contributed by atoms with Crippen molar-refractivity contribution in [3.63, 3.8) is 0 Å². The van der Waals surface area contributed by atoms with Gasteiger partial charge in [0.2, 0.25) is 5.91 Å². The molecule has 0 aliphatic heterocycles. The molecule has 0 rings (SSSR count).